The second-order valence-electron chi connectivity index (χ2n) is 5.93. The molecule has 126 valence electrons. The molecule has 0 radical (unpaired) electrons. The molecule has 0 spiro atoms. The third kappa shape index (κ3) is 3.95. The smallest absolute Gasteiger partial charge is 0.339 e. The van der Waals surface area contributed by atoms with Crippen molar-refractivity contribution in [1.82, 2.24) is 9.97 Å². The third-order valence-corrected chi connectivity index (χ3v) is 3.49. The normalized spacial score (nSPS) is 11.2. The SMILES string of the molecule is CC(C)c1nc(C=Cc2ccc(N(C)C)c(F)c2)ncc1C(=O)O. The van der Waals surface area contributed by atoms with Crippen molar-refractivity contribution in [2.24, 2.45) is 0 Å². The van der Waals surface area contributed by atoms with Crippen LogP contribution in [-0.4, -0.2) is 35.1 Å². The van der Waals surface area contributed by atoms with Crippen LogP contribution in [0.2, 0.25) is 0 Å². The molecule has 0 aliphatic carbocycles. The predicted molar refractivity (Wildman–Crippen MR) is 92.7 cm³/mol. The lowest BCUT2D eigenvalue weighted by Gasteiger charge is -2.13. The first-order valence-electron chi connectivity index (χ1n) is 7.54. The van der Waals surface area contributed by atoms with E-state index in [2.05, 4.69) is 9.97 Å². The largest absolute Gasteiger partial charge is 0.478 e. The van der Waals surface area contributed by atoms with Crippen molar-refractivity contribution in [1.29, 1.82) is 0 Å². The highest BCUT2D eigenvalue weighted by molar-refractivity contribution is 5.88. The van der Waals surface area contributed by atoms with Gasteiger partial charge in [0, 0.05) is 20.3 Å². The van der Waals surface area contributed by atoms with Gasteiger partial charge in [0.05, 0.1) is 16.9 Å². The Morgan fingerprint density at radius 2 is 2.00 bits per heavy atom. The van der Waals surface area contributed by atoms with Crippen molar-refractivity contribution in [3.8, 4) is 0 Å². The van der Waals surface area contributed by atoms with Crippen molar-refractivity contribution in [2.45, 2.75) is 19.8 Å². The minimum Gasteiger partial charge on any atom is -0.478 e. The molecule has 2 aromatic rings. The van der Waals surface area contributed by atoms with E-state index in [9.17, 15) is 14.3 Å². The molecule has 0 saturated heterocycles. The fourth-order valence-electron chi connectivity index (χ4n) is 2.25. The number of halogens is 1. The van der Waals surface area contributed by atoms with Crippen LogP contribution in [0.1, 0.15) is 47.2 Å². The van der Waals surface area contributed by atoms with Gasteiger partial charge >= 0.3 is 5.97 Å². The van der Waals surface area contributed by atoms with Crippen LogP contribution in [0.15, 0.2) is 24.4 Å². The van der Waals surface area contributed by atoms with Crippen molar-refractivity contribution in [3.63, 3.8) is 0 Å². The molecule has 1 aromatic carbocycles. The van der Waals surface area contributed by atoms with Gasteiger partial charge in [0.25, 0.3) is 0 Å². The van der Waals surface area contributed by atoms with Crippen LogP contribution in [0.5, 0.6) is 0 Å². The maximum absolute atomic E-state index is 14.0. The van der Waals surface area contributed by atoms with E-state index >= 15 is 0 Å². The predicted octanol–water partition coefficient (Wildman–Crippen LogP) is 3.67. The van der Waals surface area contributed by atoms with Crippen molar-refractivity contribution in [2.75, 3.05) is 19.0 Å². The standard InChI is InChI=1S/C18H20FN3O2/c1-11(2)17-13(18(23)24)10-20-16(21-17)8-6-12-5-7-15(22(3)4)14(19)9-12/h5-11H,1-4H3,(H,23,24). The summed E-state index contributed by atoms with van der Waals surface area (Å²) >= 11 is 0. The van der Waals surface area contributed by atoms with Crippen molar-refractivity contribution in [3.05, 3.63) is 52.9 Å². The second-order valence-corrected chi connectivity index (χ2v) is 5.93. The molecule has 0 amide bonds. The van der Waals surface area contributed by atoms with Gasteiger partial charge in [-0.05, 0) is 29.7 Å². The lowest BCUT2D eigenvalue weighted by Crippen LogP contribution is -2.10. The zero-order chi connectivity index (χ0) is 17.9. The van der Waals surface area contributed by atoms with E-state index in [-0.39, 0.29) is 17.3 Å². The molecule has 0 fully saturated rings. The van der Waals surface area contributed by atoms with Crippen LogP contribution in [0.25, 0.3) is 12.2 Å². The number of nitrogens with zero attached hydrogens (tertiary/aromatic N) is 3. The van der Waals surface area contributed by atoms with Crippen LogP contribution < -0.4 is 4.90 Å². The molecule has 1 heterocycles. The molecule has 0 aliphatic heterocycles. The molecule has 0 bridgehead atoms. The summed E-state index contributed by atoms with van der Waals surface area (Å²) in [7, 11) is 3.55. The van der Waals surface area contributed by atoms with E-state index in [4.69, 9.17) is 0 Å². The first-order valence-corrected chi connectivity index (χ1v) is 7.54. The van der Waals surface area contributed by atoms with Gasteiger partial charge in [-0.1, -0.05) is 26.0 Å². The van der Waals surface area contributed by atoms with Gasteiger partial charge in [0.15, 0.2) is 5.82 Å². The Kier molecular flexibility index (Phi) is 5.28. The van der Waals surface area contributed by atoms with Gasteiger partial charge in [-0.3, -0.25) is 0 Å². The number of aromatic nitrogens is 2. The molecule has 1 aromatic heterocycles. The van der Waals surface area contributed by atoms with Crippen LogP contribution in [-0.2, 0) is 0 Å². The molecule has 1 N–H and O–H groups in total. The minimum absolute atomic E-state index is 0.0388. The zero-order valence-electron chi connectivity index (χ0n) is 14.1. The fraction of sp³-hybridized carbons (Fsp3) is 0.278. The average molecular weight is 329 g/mol. The Labute approximate surface area is 140 Å². The molecule has 24 heavy (non-hydrogen) atoms. The molecule has 5 nitrogen and oxygen atoms in total. The van der Waals surface area contributed by atoms with Gasteiger partial charge in [-0.15, -0.1) is 0 Å². The Balaban J connectivity index is 2.31. The van der Waals surface area contributed by atoms with E-state index in [1.165, 1.54) is 12.3 Å². The summed E-state index contributed by atoms with van der Waals surface area (Å²) in [5.74, 6) is -1.01. The Bertz CT molecular complexity index is 786. The van der Waals surface area contributed by atoms with Gasteiger partial charge in [0.1, 0.15) is 5.82 Å². The molecule has 0 atom stereocenters. The lowest BCUT2D eigenvalue weighted by molar-refractivity contribution is 0.0694. The van der Waals surface area contributed by atoms with E-state index in [0.29, 0.717) is 22.8 Å². The van der Waals surface area contributed by atoms with Crippen LogP contribution in [0.4, 0.5) is 10.1 Å². The molecule has 6 heteroatoms. The number of hydrogen-bond acceptors (Lipinski definition) is 4. The number of carboxylic acids is 1. The van der Waals surface area contributed by atoms with Crippen molar-refractivity contribution < 1.29 is 14.3 Å². The summed E-state index contributed by atoms with van der Waals surface area (Å²) in [5.41, 5.74) is 1.77. The van der Waals surface area contributed by atoms with E-state index in [0.717, 1.165) is 0 Å². The summed E-state index contributed by atoms with van der Waals surface area (Å²) in [4.78, 5) is 21.2. The molecule has 0 unspecified atom stereocenters. The van der Waals surface area contributed by atoms with E-state index < -0.39 is 5.97 Å². The van der Waals surface area contributed by atoms with Crippen LogP contribution in [0.3, 0.4) is 0 Å². The first kappa shape index (κ1) is 17.6. The molecule has 0 aliphatic rings. The second kappa shape index (κ2) is 7.21. The summed E-state index contributed by atoms with van der Waals surface area (Å²) in [6, 6.07) is 4.92. The molecule has 2 rings (SSSR count). The summed E-state index contributed by atoms with van der Waals surface area (Å²) in [5, 5.41) is 9.17. The fourth-order valence-corrected chi connectivity index (χ4v) is 2.25. The average Bonchev–Trinajstić information content (AvgIpc) is 2.52. The monoisotopic (exact) mass is 329 g/mol. The maximum Gasteiger partial charge on any atom is 0.339 e. The van der Waals surface area contributed by atoms with Gasteiger partial charge < -0.3 is 10.0 Å². The summed E-state index contributed by atoms with van der Waals surface area (Å²) < 4.78 is 14.0. The van der Waals surface area contributed by atoms with Crippen molar-refractivity contribution >= 4 is 23.8 Å². The minimum atomic E-state index is -1.05. The summed E-state index contributed by atoms with van der Waals surface area (Å²) in [6.45, 7) is 3.75. The summed E-state index contributed by atoms with van der Waals surface area (Å²) in [6.07, 6.45) is 4.64. The van der Waals surface area contributed by atoms with Gasteiger partial charge in [0.2, 0.25) is 0 Å². The van der Waals surface area contributed by atoms with Gasteiger partial charge in [-0.25, -0.2) is 19.2 Å². The van der Waals surface area contributed by atoms with Crippen LogP contribution >= 0.6 is 0 Å². The highest BCUT2D eigenvalue weighted by atomic mass is 19.1. The quantitative estimate of drug-likeness (QED) is 0.906. The van der Waals surface area contributed by atoms with E-state index in [1.54, 1.807) is 43.3 Å². The molecule has 0 saturated carbocycles. The van der Waals surface area contributed by atoms with E-state index in [1.807, 2.05) is 13.8 Å². The van der Waals surface area contributed by atoms with Crippen LogP contribution in [0, 0.1) is 5.82 Å². The number of rotatable bonds is 5. The first-order chi connectivity index (χ1) is 11.3. The zero-order valence-corrected chi connectivity index (χ0v) is 14.1. The topological polar surface area (TPSA) is 66.3 Å². The number of aromatic carboxylic acids is 1. The highest BCUT2D eigenvalue weighted by Gasteiger charge is 2.15. The number of anilines is 1. The number of benzene rings is 1. The maximum atomic E-state index is 14.0. The number of carboxylic acid groups (broad SMARTS) is 1. The molecular weight excluding hydrogens is 309 g/mol. The number of hydrogen-bond donors (Lipinski definition) is 1. The van der Waals surface area contributed by atoms with Gasteiger partial charge in [-0.2, -0.15) is 0 Å². The Morgan fingerprint density at radius 1 is 1.29 bits per heavy atom. The third-order valence-electron chi connectivity index (χ3n) is 3.49. The Hall–Kier alpha value is -2.76. The number of carbonyl (C=O) groups is 1. The molecular formula is C18H20FN3O2. The Morgan fingerprint density at radius 3 is 2.54 bits per heavy atom. The highest BCUT2D eigenvalue weighted by Crippen LogP contribution is 2.20. The lowest BCUT2D eigenvalue weighted by atomic mass is 10.1.